The lowest BCUT2D eigenvalue weighted by Gasteiger charge is -2.19. The zero-order valence-corrected chi connectivity index (χ0v) is 7.72. The Morgan fingerprint density at radius 3 is 2.75 bits per heavy atom. The highest BCUT2D eigenvalue weighted by molar-refractivity contribution is 7.91. The van der Waals surface area contributed by atoms with Crippen LogP contribution in [0.3, 0.4) is 0 Å². The van der Waals surface area contributed by atoms with Crippen LogP contribution < -0.4 is 0 Å². The fourth-order valence-corrected chi connectivity index (χ4v) is 3.22. The second-order valence-corrected chi connectivity index (χ2v) is 5.56. The zero-order chi connectivity index (χ0) is 8.60. The summed E-state index contributed by atoms with van der Waals surface area (Å²) < 4.78 is 27.4. The maximum Gasteiger partial charge on any atom is 0.164 e. The molecule has 5 heteroatoms. The van der Waals surface area contributed by atoms with Crippen LogP contribution >= 0.6 is 0 Å². The normalized spacial score (nSPS) is 35.8. The molecule has 0 radical (unpaired) electrons. The maximum atomic E-state index is 11.1. The third-order valence-corrected chi connectivity index (χ3v) is 4.00. The summed E-state index contributed by atoms with van der Waals surface area (Å²) in [4.78, 5) is 2.02. The summed E-state index contributed by atoms with van der Waals surface area (Å²) in [6.07, 6.45) is 0.982. The van der Waals surface area contributed by atoms with Crippen molar-refractivity contribution >= 4 is 9.84 Å². The van der Waals surface area contributed by atoms with Crippen molar-refractivity contribution in [2.45, 2.75) is 12.5 Å². The van der Waals surface area contributed by atoms with Gasteiger partial charge in [-0.25, -0.2) is 8.42 Å². The molecule has 70 valence electrons. The molecule has 2 aliphatic heterocycles. The molecule has 2 saturated heterocycles. The average Bonchev–Trinajstić information content (AvgIpc) is 2.55. The van der Waals surface area contributed by atoms with Gasteiger partial charge in [-0.1, -0.05) is 0 Å². The molecule has 1 atom stereocenters. The molecule has 1 unspecified atom stereocenters. The van der Waals surface area contributed by atoms with Crippen molar-refractivity contribution in [1.82, 2.24) is 4.90 Å². The van der Waals surface area contributed by atoms with Crippen LogP contribution in [0.2, 0.25) is 0 Å². The van der Waals surface area contributed by atoms with Gasteiger partial charge in [-0.3, -0.25) is 4.90 Å². The standard InChI is InChI=1S/C7H13NO3S/c9-12(10)4-2-8(6-12)7-1-3-11-5-7/h7H,1-6H2. The van der Waals surface area contributed by atoms with E-state index in [2.05, 4.69) is 0 Å². The Kier molecular flexibility index (Phi) is 2.10. The van der Waals surface area contributed by atoms with Crippen molar-refractivity contribution in [2.24, 2.45) is 0 Å². The summed E-state index contributed by atoms with van der Waals surface area (Å²) in [6, 6.07) is 0.349. The van der Waals surface area contributed by atoms with Gasteiger partial charge < -0.3 is 4.74 Å². The molecule has 0 aromatic heterocycles. The lowest BCUT2D eigenvalue weighted by molar-refractivity contribution is 0.162. The van der Waals surface area contributed by atoms with Crippen LogP contribution in [0.4, 0.5) is 0 Å². The molecule has 4 nitrogen and oxygen atoms in total. The molecule has 0 bridgehead atoms. The van der Waals surface area contributed by atoms with Gasteiger partial charge in [0.1, 0.15) is 5.88 Å². The summed E-state index contributed by atoms with van der Waals surface area (Å²) in [5, 5.41) is 0. The van der Waals surface area contributed by atoms with E-state index in [-0.39, 0.29) is 5.88 Å². The van der Waals surface area contributed by atoms with Crippen LogP contribution in [-0.2, 0) is 14.6 Å². The molecule has 0 spiro atoms. The quantitative estimate of drug-likeness (QED) is 0.558. The van der Waals surface area contributed by atoms with E-state index in [1.165, 1.54) is 0 Å². The van der Waals surface area contributed by atoms with Crippen LogP contribution in [0.15, 0.2) is 0 Å². The van der Waals surface area contributed by atoms with Crippen LogP contribution in [-0.4, -0.2) is 50.7 Å². The van der Waals surface area contributed by atoms with Gasteiger partial charge in [0.2, 0.25) is 0 Å². The van der Waals surface area contributed by atoms with Crippen LogP contribution in [0, 0.1) is 0 Å². The lowest BCUT2D eigenvalue weighted by Crippen LogP contribution is -2.33. The van der Waals surface area contributed by atoms with E-state index in [1.54, 1.807) is 0 Å². The predicted molar refractivity (Wildman–Crippen MR) is 44.6 cm³/mol. The van der Waals surface area contributed by atoms with E-state index in [0.717, 1.165) is 13.0 Å². The number of ether oxygens (including phenoxy) is 1. The van der Waals surface area contributed by atoms with Crippen molar-refractivity contribution in [2.75, 3.05) is 31.4 Å². The van der Waals surface area contributed by atoms with E-state index in [9.17, 15) is 8.42 Å². The molecule has 2 rings (SSSR count). The molecular formula is C7H13NO3S. The van der Waals surface area contributed by atoms with E-state index >= 15 is 0 Å². The summed E-state index contributed by atoms with van der Waals surface area (Å²) in [5.74, 6) is 0.560. The Balaban J connectivity index is 1.99. The summed E-state index contributed by atoms with van der Waals surface area (Å²) in [6.45, 7) is 2.17. The van der Waals surface area contributed by atoms with E-state index in [0.29, 0.717) is 24.9 Å². The molecule has 0 aromatic rings. The largest absolute Gasteiger partial charge is 0.380 e. The topological polar surface area (TPSA) is 46.6 Å². The molecular weight excluding hydrogens is 178 g/mol. The van der Waals surface area contributed by atoms with Crippen molar-refractivity contribution in [1.29, 1.82) is 0 Å². The molecule has 0 N–H and O–H groups in total. The molecule has 2 aliphatic rings. The van der Waals surface area contributed by atoms with Gasteiger partial charge in [0, 0.05) is 19.2 Å². The zero-order valence-electron chi connectivity index (χ0n) is 6.90. The predicted octanol–water partition coefficient (Wildman–Crippen LogP) is -0.537. The molecule has 2 fully saturated rings. The SMILES string of the molecule is O=S1(=O)CCN(C2CCOC2)C1. The molecule has 0 aromatic carbocycles. The second kappa shape index (κ2) is 2.97. The Morgan fingerprint density at radius 2 is 2.25 bits per heavy atom. The first-order chi connectivity index (χ1) is 5.67. The minimum absolute atomic E-state index is 0.237. The molecule has 0 amide bonds. The lowest BCUT2D eigenvalue weighted by atomic mass is 10.2. The van der Waals surface area contributed by atoms with Crippen molar-refractivity contribution in [3.8, 4) is 0 Å². The smallest absolute Gasteiger partial charge is 0.164 e. The van der Waals surface area contributed by atoms with Crippen LogP contribution in [0.25, 0.3) is 0 Å². The van der Waals surface area contributed by atoms with Gasteiger partial charge >= 0.3 is 0 Å². The van der Waals surface area contributed by atoms with Gasteiger partial charge in [0.05, 0.1) is 12.4 Å². The first-order valence-corrected chi connectivity index (χ1v) is 6.02. The Morgan fingerprint density at radius 1 is 1.42 bits per heavy atom. The van der Waals surface area contributed by atoms with Gasteiger partial charge in [-0.05, 0) is 6.42 Å². The third kappa shape index (κ3) is 1.62. The minimum Gasteiger partial charge on any atom is -0.380 e. The van der Waals surface area contributed by atoms with Gasteiger partial charge in [0.15, 0.2) is 9.84 Å². The highest BCUT2D eigenvalue weighted by atomic mass is 32.2. The number of sulfone groups is 1. The molecule has 2 heterocycles. The summed E-state index contributed by atoms with van der Waals surface area (Å²) in [5.41, 5.74) is 0. The maximum absolute atomic E-state index is 11.1. The minimum atomic E-state index is -2.76. The van der Waals surface area contributed by atoms with Gasteiger partial charge in [-0.2, -0.15) is 0 Å². The monoisotopic (exact) mass is 191 g/mol. The van der Waals surface area contributed by atoms with Crippen molar-refractivity contribution in [3.63, 3.8) is 0 Å². The number of hydrogen-bond donors (Lipinski definition) is 0. The highest BCUT2D eigenvalue weighted by Gasteiger charge is 2.32. The fourth-order valence-electron chi connectivity index (χ4n) is 1.74. The van der Waals surface area contributed by atoms with Crippen LogP contribution in [0.1, 0.15) is 6.42 Å². The van der Waals surface area contributed by atoms with Gasteiger partial charge in [0.25, 0.3) is 0 Å². The number of nitrogens with zero attached hydrogens (tertiary/aromatic N) is 1. The second-order valence-electron chi connectivity index (χ2n) is 3.41. The average molecular weight is 191 g/mol. The van der Waals surface area contributed by atoms with E-state index in [1.807, 2.05) is 4.90 Å². The summed E-state index contributed by atoms with van der Waals surface area (Å²) in [7, 11) is -2.76. The number of hydrogen-bond acceptors (Lipinski definition) is 4. The first kappa shape index (κ1) is 8.47. The Labute approximate surface area is 72.4 Å². The Hall–Kier alpha value is -0.130. The first-order valence-electron chi connectivity index (χ1n) is 4.20. The molecule has 0 aliphatic carbocycles. The molecule has 0 saturated carbocycles. The highest BCUT2D eigenvalue weighted by Crippen LogP contribution is 2.17. The van der Waals surface area contributed by atoms with Crippen LogP contribution in [0.5, 0.6) is 0 Å². The van der Waals surface area contributed by atoms with Crippen molar-refractivity contribution in [3.05, 3.63) is 0 Å². The molecule has 12 heavy (non-hydrogen) atoms. The summed E-state index contributed by atoms with van der Waals surface area (Å²) >= 11 is 0. The Bertz CT molecular complexity index is 256. The van der Waals surface area contributed by atoms with E-state index < -0.39 is 9.84 Å². The van der Waals surface area contributed by atoms with E-state index in [4.69, 9.17) is 4.74 Å². The number of rotatable bonds is 1. The van der Waals surface area contributed by atoms with Gasteiger partial charge in [-0.15, -0.1) is 0 Å². The fraction of sp³-hybridized carbons (Fsp3) is 1.00. The van der Waals surface area contributed by atoms with Crippen molar-refractivity contribution < 1.29 is 13.2 Å². The third-order valence-electron chi connectivity index (χ3n) is 2.47.